The summed E-state index contributed by atoms with van der Waals surface area (Å²) in [5.41, 5.74) is -3.17. The molecule has 2 bridgehead atoms. The summed E-state index contributed by atoms with van der Waals surface area (Å²) in [4.78, 5) is 23.9. The number of hydrogen-bond donors (Lipinski definition) is 2. The Labute approximate surface area is 105 Å². The van der Waals surface area contributed by atoms with E-state index in [4.69, 9.17) is 9.47 Å². The van der Waals surface area contributed by atoms with Crippen LogP contribution in [0, 0.1) is 5.92 Å². The Morgan fingerprint density at radius 3 is 2.78 bits per heavy atom. The number of hydrogen-bond acceptors (Lipinski definition) is 5. The van der Waals surface area contributed by atoms with Gasteiger partial charge in [0.15, 0.2) is 23.4 Å². The third-order valence-electron chi connectivity index (χ3n) is 3.86. The molecule has 18 heavy (non-hydrogen) atoms. The molecule has 6 nitrogen and oxygen atoms in total. The Balaban J connectivity index is 2.09. The monoisotopic (exact) mass is 255 g/mol. The van der Waals surface area contributed by atoms with Crippen LogP contribution in [-0.4, -0.2) is 40.0 Å². The van der Waals surface area contributed by atoms with Crippen LogP contribution >= 0.6 is 0 Å². The SMILES string of the molecule is CC(C)CC12NC(=O)C3(O)C(=O)CC(C)(OC13)O2. The molecular formula is C12H17NO5. The van der Waals surface area contributed by atoms with Gasteiger partial charge in [0.05, 0.1) is 6.42 Å². The summed E-state index contributed by atoms with van der Waals surface area (Å²) in [6.07, 6.45) is -0.562. The van der Waals surface area contributed by atoms with Crippen molar-refractivity contribution in [3.05, 3.63) is 0 Å². The highest BCUT2D eigenvalue weighted by molar-refractivity contribution is 6.13. The molecular weight excluding hydrogens is 238 g/mol. The van der Waals surface area contributed by atoms with Crippen molar-refractivity contribution in [1.82, 2.24) is 5.32 Å². The number of amides is 1. The van der Waals surface area contributed by atoms with Crippen molar-refractivity contribution >= 4 is 11.7 Å². The van der Waals surface area contributed by atoms with Crippen LogP contribution in [0.2, 0.25) is 0 Å². The lowest BCUT2D eigenvalue weighted by Gasteiger charge is -2.34. The number of carbonyl (C=O) groups excluding carboxylic acids is 2. The van der Waals surface area contributed by atoms with Gasteiger partial charge in [0.1, 0.15) is 0 Å². The van der Waals surface area contributed by atoms with Crippen LogP contribution in [0.3, 0.4) is 0 Å². The molecule has 0 saturated carbocycles. The first-order valence-corrected chi connectivity index (χ1v) is 6.18. The highest BCUT2D eigenvalue weighted by Gasteiger charge is 2.77. The molecule has 3 aliphatic heterocycles. The molecule has 3 saturated heterocycles. The lowest BCUT2D eigenvalue weighted by Crippen LogP contribution is -2.59. The van der Waals surface area contributed by atoms with Crippen molar-refractivity contribution in [2.24, 2.45) is 5.92 Å². The molecule has 0 aromatic rings. The predicted molar refractivity (Wildman–Crippen MR) is 59.3 cm³/mol. The van der Waals surface area contributed by atoms with E-state index in [1.54, 1.807) is 6.92 Å². The molecule has 3 fully saturated rings. The Kier molecular flexibility index (Phi) is 2.09. The highest BCUT2D eigenvalue weighted by Crippen LogP contribution is 2.52. The largest absolute Gasteiger partial charge is 0.371 e. The number of ether oxygens (including phenoxy) is 2. The molecule has 4 unspecified atom stereocenters. The second-order valence-corrected chi connectivity index (χ2v) is 6.04. The van der Waals surface area contributed by atoms with Crippen molar-refractivity contribution in [2.75, 3.05) is 0 Å². The quantitative estimate of drug-likeness (QED) is 0.661. The second kappa shape index (κ2) is 3.12. The van der Waals surface area contributed by atoms with Gasteiger partial charge in [-0.3, -0.25) is 9.59 Å². The van der Waals surface area contributed by atoms with E-state index in [2.05, 4.69) is 5.32 Å². The molecule has 3 aliphatic rings. The van der Waals surface area contributed by atoms with Gasteiger partial charge in [-0.15, -0.1) is 0 Å². The van der Waals surface area contributed by atoms with Crippen molar-refractivity contribution < 1.29 is 24.2 Å². The summed E-state index contributed by atoms with van der Waals surface area (Å²) >= 11 is 0. The lowest BCUT2D eigenvalue weighted by atomic mass is 9.83. The number of fused-ring (bicyclic) bond motifs is 1. The van der Waals surface area contributed by atoms with Crippen LogP contribution in [0.5, 0.6) is 0 Å². The molecule has 0 radical (unpaired) electrons. The van der Waals surface area contributed by atoms with Crippen molar-refractivity contribution in [3.63, 3.8) is 0 Å². The molecule has 0 aromatic heterocycles. The Bertz CT molecular complexity index is 450. The third-order valence-corrected chi connectivity index (χ3v) is 3.86. The summed E-state index contributed by atoms with van der Waals surface area (Å²) in [6, 6.07) is 0. The number of nitrogens with one attached hydrogen (secondary N) is 1. The minimum atomic E-state index is -2.09. The fraction of sp³-hybridized carbons (Fsp3) is 0.833. The highest BCUT2D eigenvalue weighted by atomic mass is 16.8. The predicted octanol–water partition coefficient (Wildman–Crippen LogP) is -0.306. The molecule has 3 heterocycles. The molecule has 1 amide bonds. The summed E-state index contributed by atoms with van der Waals surface area (Å²) in [5, 5.41) is 13.0. The van der Waals surface area contributed by atoms with E-state index in [-0.39, 0.29) is 12.3 Å². The van der Waals surface area contributed by atoms with Crippen LogP contribution in [0.1, 0.15) is 33.6 Å². The fourth-order valence-corrected chi connectivity index (χ4v) is 3.31. The van der Waals surface area contributed by atoms with E-state index in [0.29, 0.717) is 6.42 Å². The van der Waals surface area contributed by atoms with E-state index in [9.17, 15) is 14.7 Å². The van der Waals surface area contributed by atoms with Gasteiger partial charge in [-0.25, -0.2) is 0 Å². The lowest BCUT2D eigenvalue weighted by molar-refractivity contribution is -0.223. The number of aliphatic hydroxyl groups is 1. The number of Topliss-reactive ketones (excluding diaryl/α,β-unsaturated/α-hetero) is 1. The average molecular weight is 255 g/mol. The molecule has 0 spiro atoms. The molecule has 6 heteroatoms. The van der Waals surface area contributed by atoms with E-state index in [1.165, 1.54) is 0 Å². The van der Waals surface area contributed by atoms with Gasteiger partial charge >= 0.3 is 0 Å². The standard InChI is InChI=1S/C12H17NO5/c1-6(2)4-11-8-12(16,9(15)13-11)7(14)5-10(3,17-8)18-11/h6,8,16H,4-5H2,1-3H3,(H,13,15). The topological polar surface area (TPSA) is 84.9 Å². The molecule has 3 rings (SSSR count). The van der Waals surface area contributed by atoms with Crippen molar-refractivity contribution in [1.29, 1.82) is 0 Å². The molecule has 0 aromatic carbocycles. The van der Waals surface area contributed by atoms with Crippen LogP contribution in [-0.2, 0) is 19.1 Å². The molecule has 100 valence electrons. The number of ketones is 1. The second-order valence-electron chi connectivity index (χ2n) is 6.04. The summed E-state index contributed by atoms with van der Waals surface area (Å²) in [6.45, 7) is 5.62. The van der Waals surface area contributed by atoms with Gasteiger partial charge in [0, 0.05) is 6.42 Å². The van der Waals surface area contributed by atoms with Gasteiger partial charge in [0.25, 0.3) is 5.91 Å². The maximum atomic E-state index is 12.0. The van der Waals surface area contributed by atoms with E-state index in [0.717, 1.165) is 0 Å². The van der Waals surface area contributed by atoms with Gasteiger partial charge in [-0.2, -0.15) is 0 Å². The third kappa shape index (κ3) is 1.23. The van der Waals surface area contributed by atoms with Gasteiger partial charge in [-0.05, 0) is 12.8 Å². The van der Waals surface area contributed by atoms with Crippen LogP contribution < -0.4 is 5.32 Å². The Hall–Kier alpha value is -0.980. The molecule has 0 aliphatic carbocycles. The first kappa shape index (κ1) is 12.1. The minimum absolute atomic E-state index is 0.104. The maximum absolute atomic E-state index is 12.0. The first-order chi connectivity index (χ1) is 8.22. The molecule has 4 atom stereocenters. The zero-order valence-corrected chi connectivity index (χ0v) is 10.6. The smallest absolute Gasteiger partial charge is 0.265 e. The van der Waals surface area contributed by atoms with Crippen LogP contribution in [0.4, 0.5) is 0 Å². The van der Waals surface area contributed by atoms with Gasteiger partial charge in [-0.1, -0.05) is 13.8 Å². The van der Waals surface area contributed by atoms with E-state index >= 15 is 0 Å². The van der Waals surface area contributed by atoms with Crippen molar-refractivity contribution in [3.8, 4) is 0 Å². The zero-order valence-electron chi connectivity index (χ0n) is 10.6. The first-order valence-electron chi connectivity index (χ1n) is 6.18. The average Bonchev–Trinajstić information content (AvgIpc) is 2.54. The summed E-state index contributed by atoms with van der Waals surface area (Å²) in [5.74, 6) is -2.05. The number of carbonyl (C=O) groups is 2. The molecule has 2 N–H and O–H groups in total. The summed E-state index contributed by atoms with van der Waals surface area (Å²) < 4.78 is 11.5. The summed E-state index contributed by atoms with van der Waals surface area (Å²) in [7, 11) is 0. The normalized spacial score (nSPS) is 49.9. The van der Waals surface area contributed by atoms with E-state index < -0.39 is 34.9 Å². The van der Waals surface area contributed by atoms with Gasteiger partial charge < -0.3 is 19.9 Å². The van der Waals surface area contributed by atoms with Crippen LogP contribution in [0.25, 0.3) is 0 Å². The van der Waals surface area contributed by atoms with Gasteiger partial charge in [0.2, 0.25) is 5.60 Å². The number of rotatable bonds is 2. The Morgan fingerprint density at radius 1 is 1.50 bits per heavy atom. The maximum Gasteiger partial charge on any atom is 0.265 e. The van der Waals surface area contributed by atoms with E-state index in [1.807, 2.05) is 13.8 Å². The fourth-order valence-electron chi connectivity index (χ4n) is 3.31. The van der Waals surface area contributed by atoms with Crippen molar-refractivity contribution in [2.45, 2.75) is 56.8 Å². The Morgan fingerprint density at radius 2 is 2.17 bits per heavy atom. The minimum Gasteiger partial charge on any atom is -0.371 e. The zero-order chi connectivity index (χ0) is 13.3. The van der Waals surface area contributed by atoms with Crippen LogP contribution in [0.15, 0.2) is 0 Å².